The number of benzene rings is 2. The number of nitrogens with one attached hydrogen (secondary N) is 1. The molecule has 0 spiro atoms. The normalized spacial score (nSPS) is 11.7. The molecule has 0 bridgehead atoms. The van der Waals surface area contributed by atoms with Crippen molar-refractivity contribution in [1.29, 1.82) is 0 Å². The first-order valence-electron chi connectivity index (χ1n) is 7.81. The molecule has 0 aliphatic heterocycles. The predicted molar refractivity (Wildman–Crippen MR) is 94.6 cm³/mol. The van der Waals surface area contributed by atoms with Gasteiger partial charge in [-0.3, -0.25) is 5.10 Å². The molecule has 0 amide bonds. The molecule has 0 saturated carbocycles. The minimum Gasteiger partial charge on any atom is -0.507 e. The van der Waals surface area contributed by atoms with Crippen LogP contribution in [0.2, 0.25) is 0 Å². The summed E-state index contributed by atoms with van der Waals surface area (Å²) in [6.45, 7) is 8.62. The summed E-state index contributed by atoms with van der Waals surface area (Å²) in [5.41, 5.74) is 6.07. The molecule has 0 atom stereocenters. The van der Waals surface area contributed by atoms with Crippen molar-refractivity contribution in [3.63, 3.8) is 0 Å². The predicted octanol–water partition coefficient (Wildman–Crippen LogP) is 5.06. The Morgan fingerprint density at radius 1 is 0.957 bits per heavy atom. The van der Waals surface area contributed by atoms with Crippen molar-refractivity contribution in [3.8, 4) is 28.3 Å². The van der Waals surface area contributed by atoms with Gasteiger partial charge in [0.2, 0.25) is 0 Å². The van der Waals surface area contributed by atoms with Crippen LogP contribution >= 0.6 is 0 Å². The number of H-pyrrole nitrogens is 1. The summed E-state index contributed by atoms with van der Waals surface area (Å²) >= 11 is 0. The lowest BCUT2D eigenvalue weighted by molar-refractivity contribution is 0.477. The van der Waals surface area contributed by atoms with Crippen LogP contribution in [0.5, 0.6) is 5.75 Å². The zero-order chi connectivity index (χ0) is 16.6. The molecule has 1 heterocycles. The van der Waals surface area contributed by atoms with Crippen LogP contribution in [0.25, 0.3) is 22.5 Å². The molecule has 1 aromatic heterocycles. The second-order valence-electron chi connectivity index (χ2n) is 7.01. The Balaban J connectivity index is 1.94. The molecule has 3 aromatic rings. The van der Waals surface area contributed by atoms with Crippen LogP contribution in [0.1, 0.15) is 31.9 Å². The Labute approximate surface area is 137 Å². The smallest absolute Gasteiger partial charge is 0.124 e. The number of rotatable bonds is 2. The molecule has 118 valence electrons. The summed E-state index contributed by atoms with van der Waals surface area (Å²) in [7, 11) is 0. The lowest BCUT2D eigenvalue weighted by Gasteiger charge is -2.18. The van der Waals surface area contributed by atoms with E-state index >= 15 is 0 Å². The molecule has 0 unspecified atom stereocenters. The highest BCUT2D eigenvalue weighted by Crippen LogP contribution is 2.31. The third-order valence-electron chi connectivity index (χ3n) is 4.07. The van der Waals surface area contributed by atoms with E-state index < -0.39 is 0 Å². The fourth-order valence-electron chi connectivity index (χ4n) is 2.61. The van der Waals surface area contributed by atoms with Crippen molar-refractivity contribution in [1.82, 2.24) is 10.2 Å². The summed E-state index contributed by atoms with van der Waals surface area (Å²) in [5.74, 6) is 0.258. The lowest BCUT2D eigenvalue weighted by atomic mass is 9.86. The fourth-order valence-corrected chi connectivity index (χ4v) is 2.61. The standard InChI is InChI=1S/C20H22N2O/c1-13-5-10-19(23)16(11-13)18-12-17(21-22-18)14-6-8-15(9-7-14)20(2,3)4/h5-12,23H,1-4H3,(H,21,22). The summed E-state index contributed by atoms with van der Waals surface area (Å²) in [4.78, 5) is 0. The first-order chi connectivity index (χ1) is 10.8. The number of aromatic amines is 1. The van der Waals surface area contributed by atoms with Crippen LogP contribution in [0.15, 0.2) is 48.5 Å². The average Bonchev–Trinajstić information content (AvgIpc) is 2.99. The molecule has 3 rings (SSSR count). The third-order valence-corrected chi connectivity index (χ3v) is 4.07. The maximum absolute atomic E-state index is 10.0. The van der Waals surface area contributed by atoms with Gasteiger partial charge in [-0.1, -0.05) is 56.7 Å². The average molecular weight is 306 g/mol. The van der Waals surface area contributed by atoms with Crippen molar-refractivity contribution < 1.29 is 5.11 Å². The van der Waals surface area contributed by atoms with Crippen molar-refractivity contribution in [2.24, 2.45) is 0 Å². The van der Waals surface area contributed by atoms with Crippen LogP contribution in [-0.2, 0) is 5.41 Å². The molecule has 0 aliphatic carbocycles. The van der Waals surface area contributed by atoms with Gasteiger partial charge in [-0.25, -0.2) is 0 Å². The molecular formula is C20H22N2O. The molecule has 0 radical (unpaired) electrons. The minimum absolute atomic E-state index is 0.141. The second-order valence-corrected chi connectivity index (χ2v) is 7.01. The number of aromatic nitrogens is 2. The molecule has 3 heteroatoms. The summed E-state index contributed by atoms with van der Waals surface area (Å²) in [5, 5.41) is 17.5. The summed E-state index contributed by atoms with van der Waals surface area (Å²) in [6, 6.07) is 16.0. The highest BCUT2D eigenvalue weighted by Gasteiger charge is 2.14. The molecule has 23 heavy (non-hydrogen) atoms. The zero-order valence-corrected chi connectivity index (χ0v) is 14.0. The maximum Gasteiger partial charge on any atom is 0.124 e. The van der Waals surface area contributed by atoms with Gasteiger partial charge in [-0.2, -0.15) is 5.10 Å². The van der Waals surface area contributed by atoms with E-state index in [1.807, 2.05) is 25.1 Å². The van der Waals surface area contributed by atoms with Crippen molar-refractivity contribution in [2.75, 3.05) is 0 Å². The van der Waals surface area contributed by atoms with Crippen LogP contribution < -0.4 is 0 Å². The molecular weight excluding hydrogens is 284 g/mol. The fraction of sp³-hybridized carbons (Fsp3) is 0.250. The summed E-state index contributed by atoms with van der Waals surface area (Å²) in [6.07, 6.45) is 0. The third kappa shape index (κ3) is 3.14. The van der Waals surface area contributed by atoms with E-state index in [1.165, 1.54) is 5.56 Å². The van der Waals surface area contributed by atoms with Gasteiger partial charge in [0, 0.05) is 11.1 Å². The van der Waals surface area contributed by atoms with Crippen LogP contribution in [0.4, 0.5) is 0 Å². The number of hydrogen-bond acceptors (Lipinski definition) is 2. The molecule has 0 aliphatic rings. The van der Waals surface area contributed by atoms with Crippen molar-refractivity contribution >= 4 is 0 Å². The molecule has 2 N–H and O–H groups in total. The number of aryl methyl sites for hydroxylation is 1. The van der Waals surface area contributed by atoms with E-state index in [0.29, 0.717) is 0 Å². The monoisotopic (exact) mass is 306 g/mol. The molecule has 0 fully saturated rings. The topological polar surface area (TPSA) is 48.9 Å². The van der Waals surface area contributed by atoms with Gasteiger partial charge in [0.15, 0.2) is 0 Å². The minimum atomic E-state index is 0.141. The number of phenols is 1. The Hall–Kier alpha value is -2.55. The van der Waals surface area contributed by atoms with E-state index in [1.54, 1.807) is 6.07 Å². The number of aromatic hydroxyl groups is 1. The van der Waals surface area contributed by atoms with E-state index in [0.717, 1.165) is 28.1 Å². The maximum atomic E-state index is 10.0. The Morgan fingerprint density at radius 3 is 2.30 bits per heavy atom. The van der Waals surface area contributed by atoms with E-state index in [-0.39, 0.29) is 11.2 Å². The SMILES string of the molecule is Cc1ccc(O)c(-c2cc(-c3ccc(C(C)(C)C)cc3)n[nH]2)c1. The van der Waals surface area contributed by atoms with Crippen LogP contribution in [0.3, 0.4) is 0 Å². The van der Waals surface area contributed by atoms with Crippen molar-refractivity contribution in [2.45, 2.75) is 33.1 Å². The lowest BCUT2D eigenvalue weighted by Crippen LogP contribution is -2.10. The van der Waals surface area contributed by atoms with Gasteiger partial charge >= 0.3 is 0 Å². The van der Waals surface area contributed by atoms with Crippen LogP contribution in [0, 0.1) is 6.92 Å². The highest BCUT2D eigenvalue weighted by molar-refractivity contribution is 5.72. The highest BCUT2D eigenvalue weighted by atomic mass is 16.3. The van der Waals surface area contributed by atoms with Gasteiger partial charge in [0.1, 0.15) is 5.75 Å². The van der Waals surface area contributed by atoms with Gasteiger partial charge in [0.25, 0.3) is 0 Å². The largest absolute Gasteiger partial charge is 0.507 e. The first kappa shape index (κ1) is 15.3. The van der Waals surface area contributed by atoms with Gasteiger partial charge < -0.3 is 5.11 Å². The van der Waals surface area contributed by atoms with Gasteiger partial charge in [-0.05, 0) is 36.1 Å². The van der Waals surface area contributed by atoms with Gasteiger partial charge in [-0.15, -0.1) is 0 Å². The number of phenolic OH excluding ortho intramolecular Hbond substituents is 1. The van der Waals surface area contributed by atoms with Crippen LogP contribution in [-0.4, -0.2) is 15.3 Å². The molecule has 2 aromatic carbocycles. The Morgan fingerprint density at radius 2 is 1.65 bits per heavy atom. The van der Waals surface area contributed by atoms with E-state index in [9.17, 15) is 5.11 Å². The number of hydrogen-bond donors (Lipinski definition) is 2. The van der Waals surface area contributed by atoms with E-state index in [4.69, 9.17) is 0 Å². The number of nitrogens with zero attached hydrogens (tertiary/aromatic N) is 1. The second kappa shape index (κ2) is 5.58. The summed E-state index contributed by atoms with van der Waals surface area (Å²) < 4.78 is 0. The molecule has 3 nitrogen and oxygen atoms in total. The van der Waals surface area contributed by atoms with E-state index in [2.05, 4.69) is 55.2 Å². The Bertz CT molecular complexity index is 824. The zero-order valence-electron chi connectivity index (χ0n) is 14.0. The molecule has 0 saturated heterocycles. The van der Waals surface area contributed by atoms with Crippen molar-refractivity contribution in [3.05, 3.63) is 59.7 Å². The first-order valence-corrected chi connectivity index (χ1v) is 7.81. The quantitative estimate of drug-likeness (QED) is 0.695. The van der Waals surface area contributed by atoms with Gasteiger partial charge in [0.05, 0.1) is 11.4 Å². The Kier molecular flexibility index (Phi) is 3.72.